The maximum absolute atomic E-state index is 13.2. The molecule has 6 atom stereocenters. The Labute approximate surface area is 318 Å². The number of aliphatic hydroxyl groups is 1. The normalized spacial score (nSPS) is 23.8. The standard InChI is InChI=1S/C35H55N8O11P/c1-3-4-5-6-7-8-9-10-11-12-13-14-15-16-29(45)37-28-17-18-42(33(47)38-28)31-20-27(54-55(49,50)51)35(23-44,53-31)21-26-25(40-41-36)19-30(52-26)43-22-24(2)32(46)39-34(43)48/h17-18,22,25-27,30-31,44H,3-16,19-21,23H2,1-2H3,(H,39,46,48)(H2,49,50,51)(H,37,38,45,47). The Balaban J connectivity index is 1.35. The van der Waals surface area contributed by atoms with Gasteiger partial charge in [0.05, 0.1) is 18.8 Å². The summed E-state index contributed by atoms with van der Waals surface area (Å²) in [7, 11) is -5.18. The number of ether oxygens (including phenoxy) is 2. The summed E-state index contributed by atoms with van der Waals surface area (Å²) in [5, 5.41) is 17.1. The molecular formula is C35H55N8O11P. The second kappa shape index (κ2) is 21.0. The maximum Gasteiger partial charge on any atom is 0.469 e. The first kappa shape index (κ1) is 44.0. The van der Waals surface area contributed by atoms with Crippen LogP contribution >= 0.6 is 7.82 Å². The van der Waals surface area contributed by atoms with Gasteiger partial charge in [-0.3, -0.25) is 28.2 Å². The van der Waals surface area contributed by atoms with Gasteiger partial charge in [0.1, 0.15) is 30.0 Å². The highest BCUT2D eigenvalue weighted by Gasteiger charge is 2.55. The van der Waals surface area contributed by atoms with Crippen molar-refractivity contribution in [2.45, 2.75) is 159 Å². The molecule has 0 saturated carbocycles. The Bertz CT molecular complexity index is 1840. The minimum Gasteiger partial charge on any atom is -0.393 e. The fraction of sp³-hybridized carbons (Fsp3) is 0.743. The third-order valence-corrected chi connectivity index (χ3v) is 10.8. The number of hydrogen-bond donors (Lipinski definition) is 5. The van der Waals surface area contributed by atoms with Gasteiger partial charge >= 0.3 is 19.2 Å². The predicted molar refractivity (Wildman–Crippen MR) is 201 cm³/mol. The number of carbonyl (C=O) groups excluding carboxylic acids is 1. The molecule has 19 nitrogen and oxygen atoms in total. The minimum absolute atomic E-state index is 0.0192. The van der Waals surface area contributed by atoms with Crippen LogP contribution in [0.25, 0.3) is 10.4 Å². The molecule has 0 bridgehead atoms. The Morgan fingerprint density at radius 1 is 1.05 bits per heavy atom. The Kier molecular flexibility index (Phi) is 16.8. The highest BCUT2D eigenvalue weighted by molar-refractivity contribution is 7.46. The van der Waals surface area contributed by atoms with Crippen molar-refractivity contribution in [3.8, 4) is 0 Å². The number of nitrogens with one attached hydrogen (secondary N) is 2. The van der Waals surface area contributed by atoms with Gasteiger partial charge in [-0.05, 0) is 24.9 Å². The summed E-state index contributed by atoms with van der Waals surface area (Å²) < 4.78 is 31.5. The Hall–Kier alpha value is -3.67. The van der Waals surface area contributed by atoms with Crippen LogP contribution in [0.2, 0.25) is 0 Å². The Morgan fingerprint density at radius 3 is 2.27 bits per heavy atom. The quantitative estimate of drug-likeness (QED) is 0.0327. The zero-order chi connectivity index (χ0) is 40.0. The van der Waals surface area contributed by atoms with Crippen LogP contribution in [-0.4, -0.2) is 70.4 Å². The van der Waals surface area contributed by atoms with E-state index in [1.165, 1.54) is 83.2 Å². The zero-order valence-electron chi connectivity index (χ0n) is 31.6. The summed E-state index contributed by atoms with van der Waals surface area (Å²) in [4.78, 5) is 78.7. The van der Waals surface area contributed by atoms with Crippen LogP contribution in [0.15, 0.2) is 38.0 Å². The fourth-order valence-corrected chi connectivity index (χ4v) is 7.87. The molecule has 0 aromatic carbocycles. The number of rotatable bonds is 23. The number of aliphatic hydroxyl groups excluding tert-OH is 1. The lowest BCUT2D eigenvalue weighted by molar-refractivity contribution is -0.152. The number of aromatic amines is 1. The summed E-state index contributed by atoms with van der Waals surface area (Å²) in [5.74, 6) is -0.270. The van der Waals surface area contributed by atoms with E-state index >= 15 is 0 Å². The summed E-state index contributed by atoms with van der Waals surface area (Å²) in [5.41, 5.74) is 5.37. The average molecular weight is 795 g/mol. The lowest BCUT2D eigenvalue weighted by Crippen LogP contribution is -2.48. The highest BCUT2D eigenvalue weighted by Crippen LogP contribution is 2.50. The van der Waals surface area contributed by atoms with Crippen molar-refractivity contribution in [2.24, 2.45) is 5.11 Å². The first-order valence-corrected chi connectivity index (χ1v) is 20.8. The summed E-state index contributed by atoms with van der Waals surface area (Å²) >= 11 is 0. The van der Waals surface area contributed by atoms with Crippen molar-refractivity contribution in [2.75, 3.05) is 11.9 Å². The molecular weight excluding hydrogens is 739 g/mol. The maximum atomic E-state index is 13.2. The number of aryl methyl sites for hydroxylation is 1. The van der Waals surface area contributed by atoms with Gasteiger partial charge in [-0.15, -0.1) is 0 Å². The van der Waals surface area contributed by atoms with E-state index in [0.29, 0.717) is 6.42 Å². The molecule has 0 radical (unpaired) electrons. The highest BCUT2D eigenvalue weighted by atomic mass is 31.2. The van der Waals surface area contributed by atoms with Crippen LogP contribution in [0.3, 0.4) is 0 Å². The molecule has 2 aliphatic rings. The van der Waals surface area contributed by atoms with E-state index in [4.69, 9.17) is 14.0 Å². The molecule has 5 N–H and O–H groups in total. The molecule has 4 heterocycles. The van der Waals surface area contributed by atoms with E-state index in [9.17, 15) is 44.2 Å². The van der Waals surface area contributed by atoms with Gasteiger partial charge < -0.3 is 29.7 Å². The van der Waals surface area contributed by atoms with Crippen LogP contribution in [-0.2, 0) is 23.4 Å². The number of anilines is 1. The van der Waals surface area contributed by atoms with E-state index in [1.54, 1.807) is 0 Å². The second-order valence-corrected chi connectivity index (χ2v) is 15.7. The van der Waals surface area contributed by atoms with Gasteiger partial charge in [0.25, 0.3) is 5.56 Å². The van der Waals surface area contributed by atoms with E-state index in [0.717, 1.165) is 28.4 Å². The molecule has 2 aromatic heterocycles. The van der Waals surface area contributed by atoms with E-state index < -0.39 is 67.7 Å². The number of H-pyrrole nitrogens is 1. The predicted octanol–water partition coefficient (Wildman–Crippen LogP) is 5.01. The number of phosphoric ester groups is 1. The van der Waals surface area contributed by atoms with Crippen LogP contribution in [0.4, 0.5) is 5.82 Å². The smallest absolute Gasteiger partial charge is 0.393 e. The van der Waals surface area contributed by atoms with Gasteiger partial charge in [0.15, 0.2) is 0 Å². The SMILES string of the molecule is CCCCCCCCCCCCCCCC(=O)Nc1ccn(C2CC(OP(=O)(O)O)C(CO)(CC3OC(n4cc(C)c(=O)[nH]c4=O)CC3N=[N+]=[N-])O2)c(=O)n1. The van der Waals surface area contributed by atoms with Gasteiger partial charge in [-0.1, -0.05) is 89.1 Å². The zero-order valence-corrected chi connectivity index (χ0v) is 32.5. The topological polar surface area (TPSA) is 273 Å². The van der Waals surface area contributed by atoms with Gasteiger partial charge in [0, 0.05) is 48.6 Å². The van der Waals surface area contributed by atoms with Crippen molar-refractivity contribution < 1.29 is 38.3 Å². The molecule has 2 aromatic rings. The Morgan fingerprint density at radius 2 is 1.69 bits per heavy atom. The van der Waals surface area contributed by atoms with E-state index in [1.807, 2.05) is 0 Å². The number of unbranched alkanes of at least 4 members (excludes halogenated alkanes) is 12. The molecule has 1 amide bonds. The second-order valence-electron chi connectivity index (χ2n) is 14.5. The monoisotopic (exact) mass is 794 g/mol. The number of nitrogens with zero attached hydrogens (tertiary/aromatic N) is 6. The van der Waals surface area contributed by atoms with Gasteiger partial charge in [0.2, 0.25) is 5.91 Å². The van der Waals surface area contributed by atoms with Crippen molar-refractivity contribution >= 4 is 19.5 Å². The molecule has 306 valence electrons. The molecule has 2 aliphatic heterocycles. The molecule has 2 fully saturated rings. The lowest BCUT2D eigenvalue weighted by Gasteiger charge is -2.35. The molecule has 0 spiro atoms. The molecule has 4 rings (SSSR count). The minimum atomic E-state index is -5.18. The number of aromatic nitrogens is 4. The third kappa shape index (κ3) is 12.9. The molecule has 2 saturated heterocycles. The van der Waals surface area contributed by atoms with E-state index in [2.05, 4.69) is 32.2 Å². The number of carbonyl (C=O) groups is 1. The summed E-state index contributed by atoms with van der Waals surface area (Å²) in [6.07, 6.45) is 12.7. The van der Waals surface area contributed by atoms with Crippen LogP contribution < -0.4 is 22.3 Å². The van der Waals surface area contributed by atoms with Gasteiger partial charge in [-0.2, -0.15) is 4.98 Å². The molecule has 55 heavy (non-hydrogen) atoms. The summed E-state index contributed by atoms with van der Waals surface area (Å²) in [6.45, 7) is 2.85. The van der Waals surface area contributed by atoms with Crippen molar-refractivity contribution in [3.05, 3.63) is 65.8 Å². The number of phosphoric acid groups is 1. The largest absolute Gasteiger partial charge is 0.469 e. The number of amides is 1. The lowest BCUT2D eigenvalue weighted by atomic mass is 9.88. The number of hydrogen-bond acceptors (Lipinski definition) is 11. The van der Waals surface area contributed by atoms with Crippen LogP contribution in [0.1, 0.15) is 134 Å². The molecule has 6 unspecified atom stereocenters. The summed E-state index contributed by atoms with van der Waals surface area (Å²) in [6, 6.07) is 0.444. The van der Waals surface area contributed by atoms with Crippen LogP contribution in [0, 0.1) is 6.92 Å². The van der Waals surface area contributed by atoms with Crippen molar-refractivity contribution in [3.63, 3.8) is 0 Å². The van der Waals surface area contributed by atoms with Crippen LogP contribution in [0.5, 0.6) is 0 Å². The molecule has 0 aliphatic carbocycles. The van der Waals surface area contributed by atoms with Crippen molar-refractivity contribution in [1.82, 2.24) is 19.1 Å². The van der Waals surface area contributed by atoms with Gasteiger partial charge in [-0.25, -0.2) is 14.2 Å². The first-order valence-electron chi connectivity index (χ1n) is 19.2. The fourth-order valence-electron chi connectivity index (χ4n) is 7.26. The van der Waals surface area contributed by atoms with E-state index in [-0.39, 0.29) is 43.0 Å². The average Bonchev–Trinajstić information content (AvgIpc) is 3.68. The molecule has 20 heteroatoms. The number of azide groups is 1. The first-order chi connectivity index (χ1) is 26.3. The van der Waals surface area contributed by atoms with Crippen molar-refractivity contribution in [1.29, 1.82) is 0 Å². The third-order valence-electron chi connectivity index (χ3n) is 10.2.